The smallest absolute Gasteiger partial charge is 0.130 e. The molecule has 2 aliphatic rings. The molecule has 0 heterocycles. The van der Waals surface area contributed by atoms with Gasteiger partial charge < -0.3 is 0 Å². The number of ketones is 1. The third-order valence-electron chi connectivity index (χ3n) is 4.17. The number of carbonyl (C=O) groups is 1. The largest absolute Gasteiger partial charge is 0.300 e. The molecule has 1 heteroatoms. The first kappa shape index (κ1) is 11.6. The maximum atomic E-state index is 11.5. The third-order valence-corrected chi connectivity index (χ3v) is 4.17. The molecule has 88 valence electrons. The van der Waals surface area contributed by atoms with Gasteiger partial charge in [0.2, 0.25) is 0 Å². The van der Waals surface area contributed by atoms with Crippen LogP contribution < -0.4 is 0 Å². The van der Waals surface area contributed by atoms with E-state index in [2.05, 4.69) is 24.3 Å². The van der Waals surface area contributed by atoms with E-state index in [0.717, 1.165) is 18.8 Å². The zero-order valence-electron chi connectivity index (χ0n) is 10.2. The molecule has 0 spiro atoms. The minimum Gasteiger partial charge on any atom is -0.300 e. The van der Waals surface area contributed by atoms with Gasteiger partial charge in [-0.3, -0.25) is 4.79 Å². The molecule has 0 aromatic rings. The van der Waals surface area contributed by atoms with Crippen molar-refractivity contribution in [3.8, 4) is 0 Å². The van der Waals surface area contributed by atoms with Crippen molar-refractivity contribution in [3.05, 3.63) is 24.3 Å². The molecule has 0 aliphatic heterocycles. The van der Waals surface area contributed by atoms with E-state index < -0.39 is 0 Å². The molecule has 16 heavy (non-hydrogen) atoms. The monoisotopic (exact) mass is 218 g/mol. The summed E-state index contributed by atoms with van der Waals surface area (Å²) in [5.41, 5.74) is 0.154. The van der Waals surface area contributed by atoms with Gasteiger partial charge in [-0.05, 0) is 32.1 Å². The van der Waals surface area contributed by atoms with Gasteiger partial charge in [-0.1, -0.05) is 43.6 Å². The van der Waals surface area contributed by atoms with Crippen molar-refractivity contribution in [3.63, 3.8) is 0 Å². The molecular formula is C15H22O. The van der Waals surface area contributed by atoms with Crippen LogP contribution in [0.25, 0.3) is 0 Å². The quantitative estimate of drug-likeness (QED) is 0.698. The molecule has 0 aromatic carbocycles. The molecule has 0 amide bonds. The lowest BCUT2D eigenvalue weighted by molar-refractivity contribution is -0.119. The number of hydrogen-bond acceptors (Lipinski definition) is 1. The van der Waals surface area contributed by atoms with Gasteiger partial charge in [0.25, 0.3) is 0 Å². The Kier molecular flexibility index (Phi) is 3.63. The fraction of sp³-hybridized carbons (Fsp3) is 0.667. The molecule has 1 unspecified atom stereocenters. The fourth-order valence-corrected chi connectivity index (χ4v) is 3.40. The van der Waals surface area contributed by atoms with Crippen molar-refractivity contribution < 1.29 is 4.79 Å². The van der Waals surface area contributed by atoms with Crippen molar-refractivity contribution in [2.45, 2.75) is 51.9 Å². The van der Waals surface area contributed by atoms with Gasteiger partial charge in [0, 0.05) is 11.8 Å². The second-order valence-electron chi connectivity index (χ2n) is 5.44. The van der Waals surface area contributed by atoms with Gasteiger partial charge in [-0.15, -0.1) is 0 Å². The zero-order valence-corrected chi connectivity index (χ0v) is 10.2. The molecule has 0 saturated heterocycles. The van der Waals surface area contributed by atoms with E-state index in [0.29, 0.717) is 5.78 Å². The van der Waals surface area contributed by atoms with Crippen molar-refractivity contribution in [2.24, 2.45) is 11.3 Å². The summed E-state index contributed by atoms with van der Waals surface area (Å²) in [6.45, 7) is 1.73. The van der Waals surface area contributed by atoms with E-state index in [1.54, 1.807) is 6.92 Å². The Morgan fingerprint density at radius 2 is 2.00 bits per heavy atom. The van der Waals surface area contributed by atoms with Crippen LogP contribution in [0, 0.1) is 11.3 Å². The zero-order chi connectivity index (χ0) is 11.4. The van der Waals surface area contributed by atoms with E-state index >= 15 is 0 Å². The molecule has 0 N–H and O–H groups in total. The summed E-state index contributed by atoms with van der Waals surface area (Å²) in [5.74, 6) is 1.07. The van der Waals surface area contributed by atoms with Gasteiger partial charge in [-0.2, -0.15) is 0 Å². The van der Waals surface area contributed by atoms with Gasteiger partial charge in [0.05, 0.1) is 0 Å². The predicted octanol–water partition coefficient (Wildman–Crippen LogP) is 4.05. The Hall–Kier alpha value is -0.850. The Labute approximate surface area is 98.6 Å². The number of rotatable bonds is 3. The average molecular weight is 218 g/mol. The Morgan fingerprint density at radius 3 is 2.56 bits per heavy atom. The molecule has 1 atom stereocenters. The topological polar surface area (TPSA) is 17.1 Å². The minimum absolute atomic E-state index is 0.154. The van der Waals surface area contributed by atoms with Crippen LogP contribution in [-0.4, -0.2) is 5.78 Å². The van der Waals surface area contributed by atoms with E-state index in [1.807, 2.05) is 0 Å². The summed E-state index contributed by atoms with van der Waals surface area (Å²) in [5, 5.41) is 0. The maximum Gasteiger partial charge on any atom is 0.130 e. The average Bonchev–Trinajstić information content (AvgIpc) is 2.30. The van der Waals surface area contributed by atoms with E-state index in [1.165, 1.54) is 32.1 Å². The Balaban J connectivity index is 2.15. The molecule has 1 saturated carbocycles. The minimum atomic E-state index is 0.154. The number of Topliss-reactive ketones (excluding diaryl/α,β-unsaturated/α-hetero) is 1. The fourth-order valence-electron chi connectivity index (χ4n) is 3.40. The Morgan fingerprint density at radius 1 is 1.25 bits per heavy atom. The highest BCUT2D eigenvalue weighted by Crippen LogP contribution is 2.46. The van der Waals surface area contributed by atoms with Gasteiger partial charge >= 0.3 is 0 Å². The second-order valence-corrected chi connectivity index (χ2v) is 5.44. The molecular weight excluding hydrogens is 196 g/mol. The third kappa shape index (κ3) is 2.45. The van der Waals surface area contributed by atoms with Gasteiger partial charge in [0.1, 0.15) is 5.78 Å². The lowest BCUT2D eigenvalue weighted by atomic mass is 9.63. The summed E-state index contributed by atoms with van der Waals surface area (Å²) in [6, 6.07) is 0. The summed E-state index contributed by atoms with van der Waals surface area (Å²) in [6.07, 6.45) is 17.3. The first-order valence-corrected chi connectivity index (χ1v) is 6.57. The lowest BCUT2D eigenvalue weighted by Crippen LogP contribution is -2.32. The van der Waals surface area contributed by atoms with Crippen LogP contribution in [0.15, 0.2) is 24.3 Å². The Bertz CT molecular complexity index is 307. The number of hydrogen-bond donors (Lipinski definition) is 0. The molecule has 2 rings (SSSR count). The molecule has 1 fully saturated rings. The van der Waals surface area contributed by atoms with Crippen LogP contribution in [0.3, 0.4) is 0 Å². The van der Waals surface area contributed by atoms with Gasteiger partial charge in [0.15, 0.2) is 0 Å². The maximum absolute atomic E-state index is 11.5. The van der Waals surface area contributed by atoms with Crippen LogP contribution in [0.2, 0.25) is 0 Å². The number of carbonyl (C=O) groups excluding carboxylic acids is 1. The second kappa shape index (κ2) is 4.99. The van der Waals surface area contributed by atoms with E-state index in [-0.39, 0.29) is 5.41 Å². The van der Waals surface area contributed by atoms with Crippen LogP contribution in [-0.2, 0) is 4.79 Å². The highest BCUT2D eigenvalue weighted by molar-refractivity contribution is 5.76. The van der Waals surface area contributed by atoms with Crippen molar-refractivity contribution in [1.82, 2.24) is 0 Å². The molecule has 1 nitrogen and oxygen atoms in total. The normalized spacial score (nSPS) is 30.6. The van der Waals surface area contributed by atoms with Crippen LogP contribution in [0.4, 0.5) is 0 Å². The lowest BCUT2D eigenvalue weighted by Gasteiger charge is -2.41. The summed E-state index contributed by atoms with van der Waals surface area (Å²) >= 11 is 0. The van der Waals surface area contributed by atoms with E-state index in [9.17, 15) is 4.79 Å². The SMILES string of the molecule is CC(=O)CC1(C2CCCCC2)C=CC=CC1. The van der Waals surface area contributed by atoms with Crippen molar-refractivity contribution >= 4 is 5.78 Å². The summed E-state index contributed by atoms with van der Waals surface area (Å²) in [7, 11) is 0. The number of allylic oxidation sites excluding steroid dienone is 4. The molecule has 0 aromatic heterocycles. The van der Waals surface area contributed by atoms with Crippen LogP contribution >= 0.6 is 0 Å². The molecule has 2 aliphatic carbocycles. The highest BCUT2D eigenvalue weighted by atomic mass is 16.1. The summed E-state index contributed by atoms with van der Waals surface area (Å²) in [4.78, 5) is 11.5. The highest BCUT2D eigenvalue weighted by Gasteiger charge is 2.37. The summed E-state index contributed by atoms with van der Waals surface area (Å²) < 4.78 is 0. The molecule has 0 bridgehead atoms. The van der Waals surface area contributed by atoms with Gasteiger partial charge in [-0.25, -0.2) is 0 Å². The van der Waals surface area contributed by atoms with Crippen LogP contribution in [0.1, 0.15) is 51.9 Å². The van der Waals surface area contributed by atoms with Crippen molar-refractivity contribution in [1.29, 1.82) is 0 Å². The van der Waals surface area contributed by atoms with E-state index in [4.69, 9.17) is 0 Å². The standard InChI is InChI=1S/C15H22O/c1-13(16)12-15(10-6-3-7-11-15)14-8-4-2-5-9-14/h3,6-7,10,14H,2,4-5,8-9,11-12H2,1H3. The van der Waals surface area contributed by atoms with Crippen molar-refractivity contribution in [2.75, 3.05) is 0 Å². The molecule has 0 radical (unpaired) electrons. The predicted molar refractivity (Wildman–Crippen MR) is 67.2 cm³/mol. The van der Waals surface area contributed by atoms with Crippen LogP contribution in [0.5, 0.6) is 0 Å². The first-order valence-electron chi connectivity index (χ1n) is 6.57. The first-order chi connectivity index (χ1) is 7.73.